The lowest BCUT2D eigenvalue weighted by Gasteiger charge is -2.28. The predicted octanol–water partition coefficient (Wildman–Crippen LogP) is 3.03. The van der Waals surface area contributed by atoms with Crippen molar-refractivity contribution in [1.29, 1.82) is 0 Å². The molecule has 2 aromatic carbocycles. The number of hydrogen-bond acceptors (Lipinski definition) is 3. The number of hydrogen-bond donors (Lipinski definition) is 1. The summed E-state index contributed by atoms with van der Waals surface area (Å²) in [6, 6.07) is 12.3. The number of rotatable bonds is 2. The monoisotopic (exact) mass is 305 g/mol. The summed E-state index contributed by atoms with van der Waals surface area (Å²) in [5.41, 5.74) is 1.51. The summed E-state index contributed by atoms with van der Waals surface area (Å²) in [6.45, 7) is 0.0728. The smallest absolute Gasteiger partial charge is 0.261 e. The molecule has 6 heteroatoms. The van der Waals surface area contributed by atoms with Crippen LogP contribution in [0, 0.1) is 5.82 Å². The fourth-order valence-corrected chi connectivity index (χ4v) is 3.54. The first-order valence-corrected chi connectivity index (χ1v) is 7.75. The van der Waals surface area contributed by atoms with Gasteiger partial charge in [0.1, 0.15) is 11.6 Å². The van der Waals surface area contributed by atoms with Crippen molar-refractivity contribution in [3.8, 4) is 0 Å². The van der Waals surface area contributed by atoms with E-state index in [0.717, 1.165) is 5.41 Å². The molecule has 1 aliphatic rings. The summed E-state index contributed by atoms with van der Waals surface area (Å²) >= 11 is 0. The second-order valence-corrected chi connectivity index (χ2v) is 6.40. The van der Waals surface area contributed by atoms with E-state index in [1.54, 1.807) is 24.3 Å². The van der Waals surface area contributed by atoms with Gasteiger partial charge in [0.25, 0.3) is 10.0 Å². The minimum absolute atomic E-state index is 0.0728. The van der Waals surface area contributed by atoms with E-state index in [0.29, 0.717) is 16.8 Å². The molecule has 2 aromatic rings. The van der Waals surface area contributed by atoms with Crippen LogP contribution < -0.4 is 4.31 Å². The number of sulfonamides is 1. The Bertz CT molecular complexity index is 813. The van der Waals surface area contributed by atoms with Gasteiger partial charge in [-0.15, -0.1) is 0 Å². The van der Waals surface area contributed by atoms with E-state index in [1.807, 2.05) is 0 Å². The highest BCUT2D eigenvalue weighted by Gasteiger charge is 2.29. The molecule has 0 unspecified atom stereocenters. The van der Waals surface area contributed by atoms with Crippen molar-refractivity contribution in [3.05, 3.63) is 70.9 Å². The van der Waals surface area contributed by atoms with Crippen LogP contribution in [0.5, 0.6) is 0 Å². The largest absolute Gasteiger partial charge is 0.506 e. The number of aliphatic hydroxyl groups excluding tert-OH is 1. The summed E-state index contributed by atoms with van der Waals surface area (Å²) < 4.78 is 38.6. The highest BCUT2D eigenvalue weighted by atomic mass is 32.2. The first-order valence-electron chi connectivity index (χ1n) is 6.24. The van der Waals surface area contributed by atoms with Gasteiger partial charge in [0, 0.05) is 5.56 Å². The van der Waals surface area contributed by atoms with Gasteiger partial charge in [0.2, 0.25) is 0 Å². The number of aliphatic hydroxyl groups is 1. The molecule has 0 aromatic heterocycles. The minimum atomic E-state index is -3.77. The number of para-hydroxylation sites is 1. The van der Waals surface area contributed by atoms with Gasteiger partial charge in [-0.1, -0.05) is 24.3 Å². The summed E-state index contributed by atoms with van der Waals surface area (Å²) in [7, 11) is -3.77. The summed E-state index contributed by atoms with van der Waals surface area (Å²) in [5, 5.41) is 10.7. The normalized spacial score (nSPS) is 16.2. The highest BCUT2D eigenvalue weighted by molar-refractivity contribution is 7.95. The van der Waals surface area contributed by atoms with E-state index in [9.17, 15) is 17.9 Å². The molecule has 1 aliphatic heterocycles. The van der Waals surface area contributed by atoms with Crippen LogP contribution in [-0.4, -0.2) is 13.5 Å². The lowest BCUT2D eigenvalue weighted by Crippen LogP contribution is -2.32. The lowest BCUT2D eigenvalue weighted by atomic mass is 10.1. The van der Waals surface area contributed by atoms with Crippen LogP contribution >= 0.6 is 0 Å². The van der Waals surface area contributed by atoms with Crippen molar-refractivity contribution in [1.82, 2.24) is 0 Å². The second-order valence-electron chi connectivity index (χ2n) is 4.70. The lowest BCUT2D eigenvalue weighted by molar-refractivity contribution is 0.510. The number of benzene rings is 2. The van der Waals surface area contributed by atoms with Gasteiger partial charge in [-0.3, -0.25) is 4.31 Å². The Morgan fingerprint density at radius 2 is 1.71 bits per heavy atom. The zero-order valence-corrected chi connectivity index (χ0v) is 11.7. The van der Waals surface area contributed by atoms with Crippen LogP contribution in [0.15, 0.2) is 53.9 Å². The van der Waals surface area contributed by atoms with Gasteiger partial charge in [0.05, 0.1) is 17.6 Å². The van der Waals surface area contributed by atoms with E-state index in [2.05, 4.69) is 0 Å². The fraction of sp³-hybridized carbons (Fsp3) is 0.0667. The van der Waals surface area contributed by atoms with Gasteiger partial charge in [-0.05, 0) is 29.8 Å². The SMILES string of the molecule is O=S1(=O)C=C(O)c2ccccc2N1Cc1ccc(F)cc1. The van der Waals surface area contributed by atoms with Crippen LogP contribution in [0.3, 0.4) is 0 Å². The average molecular weight is 305 g/mol. The molecule has 0 saturated carbocycles. The third kappa shape index (κ3) is 2.50. The molecule has 0 saturated heterocycles. The van der Waals surface area contributed by atoms with Gasteiger partial charge in [-0.25, -0.2) is 12.8 Å². The Balaban J connectivity index is 2.06. The molecular weight excluding hydrogens is 293 g/mol. The molecule has 108 valence electrons. The standard InChI is InChI=1S/C15H12FNO3S/c16-12-7-5-11(6-8-12)9-17-14-4-2-1-3-13(14)15(18)10-21(17,19)20/h1-8,10,18H,9H2. The summed E-state index contributed by atoms with van der Waals surface area (Å²) in [4.78, 5) is 0. The zero-order chi connectivity index (χ0) is 15.0. The molecule has 1 heterocycles. The maximum atomic E-state index is 12.9. The second kappa shape index (κ2) is 4.89. The first-order chi connectivity index (χ1) is 9.97. The van der Waals surface area contributed by atoms with Crippen LogP contribution in [0.1, 0.15) is 11.1 Å². The van der Waals surface area contributed by atoms with E-state index in [-0.39, 0.29) is 18.1 Å². The van der Waals surface area contributed by atoms with Crippen molar-refractivity contribution in [3.63, 3.8) is 0 Å². The Kier molecular flexibility index (Phi) is 3.17. The molecule has 4 nitrogen and oxygen atoms in total. The maximum Gasteiger partial charge on any atom is 0.261 e. The van der Waals surface area contributed by atoms with Crippen LogP contribution in [0.4, 0.5) is 10.1 Å². The Morgan fingerprint density at radius 1 is 1.05 bits per heavy atom. The van der Waals surface area contributed by atoms with Crippen molar-refractivity contribution in [2.75, 3.05) is 4.31 Å². The Hall–Kier alpha value is -2.34. The number of halogens is 1. The van der Waals surface area contributed by atoms with Crippen LogP contribution in [0.2, 0.25) is 0 Å². The third-order valence-corrected chi connectivity index (χ3v) is 4.72. The predicted molar refractivity (Wildman–Crippen MR) is 78.6 cm³/mol. The molecule has 0 spiro atoms. The van der Waals surface area contributed by atoms with Gasteiger partial charge in [0.15, 0.2) is 0 Å². The van der Waals surface area contributed by atoms with Crippen LogP contribution in [-0.2, 0) is 16.6 Å². The Labute approximate surface area is 121 Å². The van der Waals surface area contributed by atoms with Crippen molar-refractivity contribution in [2.24, 2.45) is 0 Å². The van der Waals surface area contributed by atoms with E-state index >= 15 is 0 Å². The fourth-order valence-electron chi connectivity index (χ4n) is 2.24. The molecule has 0 amide bonds. The maximum absolute atomic E-state index is 12.9. The topological polar surface area (TPSA) is 57.6 Å². The number of fused-ring (bicyclic) bond motifs is 1. The van der Waals surface area contributed by atoms with Crippen LogP contribution in [0.25, 0.3) is 5.76 Å². The van der Waals surface area contributed by atoms with Crippen molar-refractivity contribution >= 4 is 21.5 Å². The molecule has 21 heavy (non-hydrogen) atoms. The van der Waals surface area contributed by atoms with Gasteiger partial charge < -0.3 is 5.11 Å². The van der Waals surface area contributed by atoms with E-state index in [1.165, 1.54) is 28.6 Å². The molecule has 0 radical (unpaired) electrons. The highest BCUT2D eigenvalue weighted by Crippen LogP contribution is 2.34. The molecule has 1 N–H and O–H groups in total. The first kappa shape index (κ1) is 13.6. The molecule has 0 atom stereocenters. The van der Waals surface area contributed by atoms with Crippen molar-refractivity contribution < 1.29 is 17.9 Å². The minimum Gasteiger partial charge on any atom is -0.506 e. The van der Waals surface area contributed by atoms with Gasteiger partial charge >= 0.3 is 0 Å². The quantitative estimate of drug-likeness (QED) is 0.928. The third-order valence-electron chi connectivity index (χ3n) is 3.26. The van der Waals surface area contributed by atoms with Crippen molar-refractivity contribution in [2.45, 2.75) is 6.54 Å². The molecule has 3 rings (SSSR count). The molecular formula is C15H12FNO3S. The number of nitrogens with zero attached hydrogens (tertiary/aromatic N) is 1. The molecule has 0 aliphatic carbocycles. The molecule has 0 bridgehead atoms. The van der Waals surface area contributed by atoms with E-state index in [4.69, 9.17) is 0 Å². The Morgan fingerprint density at radius 3 is 2.43 bits per heavy atom. The van der Waals surface area contributed by atoms with E-state index < -0.39 is 10.0 Å². The summed E-state index contributed by atoms with van der Waals surface area (Å²) in [5.74, 6) is -0.654. The summed E-state index contributed by atoms with van der Waals surface area (Å²) in [6.07, 6.45) is 0. The zero-order valence-electron chi connectivity index (χ0n) is 10.9. The molecule has 0 fully saturated rings. The van der Waals surface area contributed by atoms with Gasteiger partial charge in [-0.2, -0.15) is 0 Å². The average Bonchev–Trinajstić information content (AvgIpc) is 2.45. The number of anilines is 1.